The third kappa shape index (κ3) is 6.94. The summed E-state index contributed by atoms with van der Waals surface area (Å²) in [5.41, 5.74) is 10.9. The Bertz CT molecular complexity index is 1140. The van der Waals surface area contributed by atoms with E-state index in [1.165, 1.54) is 6.92 Å². The molecule has 0 aliphatic carbocycles. The van der Waals surface area contributed by atoms with Gasteiger partial charge in [-0.15, -0.1) is 0 Å². The van der Waals surface area contributed by atoms with E-state index in [0.717, 1.165) is 38.1 Å². The third-order valence-electron chi connectivity index (χ3n) is 5.27. The highest BCUT2D eigenvalue weighted by Gasteiger charge is 2.22. The number of hydrogen-bond donors (Lipinski definition) is 4. The molecule has 3 aromatic carbocycles. The van der Waals surface area contributed by atoms with Crippen LogP contribution in [-0.2, 0) is 27.1 Å². The van der Waals surface area contributed by atoms with Crippen molar-refractivity contribution in [1.29, 1.82) is 0 Å². The Balaban J connectivity index is 1.83. The molecule has 0 bridgehead atoms. The number of carbonyl (C=O) groups is 2. The standard InChI is InChI=1S/C26H29IN4O3/c1-17(32)30-23-5-3-4-19(12-23)16-29-26(33)25(31-22-10-6-18(15-28)7-11-22)20-8-9-21(14-27)24(13-20)34-2/h3-13,25,31H,14-16,28H2,1-2H3,(H,29,33)(H,30,32). The SMILES string of the molecule is COc1cc(C(Nc2ccc(CN)cc2)C(=O)NCc2cccc(NC(C)=O)c2)ccc1CI. The lowest BCUT2D eigenvalue weighted by atomic mass is 10.0. The van der Waals surface area contributed by atoms with E-state index >= 15 is 0 Å². The van der Waals surface area contributed by atoms with Crippen LogP contribution in [-0.4, -0.2) is 18.9 Å². The molecule has 0 radical (unpaired) electrons. The average Bonchev–Trinajstić information content (AvgIpc) is 2.85. The summed E-state index contributed by atoms with van der Waals surface area (Å²) in [6, 6.07) is 20.3. The minimum absolute atomic E-state index is 0.144. The number of halogens is 1. The van der Waals surface area contributed by atoms with Crippen LogP contribution in [0.4, 0.5) is 11.4 Å². The molecular weight excluding hydrogens is 543 g/mol. The molecule has 1 unspecified atom stereocenters. The summed E-state index contributed by atoms with van der Waals surface area (Å²) in [6.45, 7) is 2.23. The van der Waals surface area contributed by atoms with Gasteiger partial charge >= 0.3 is 0 Å². The predicted octanol–water partition coefficient (Wildman–Crippen LogP) is 4.52. The maximum absolute atomic E-state index is 13.4. The molecule has 0 saturated heterocycles. The number of carbonyl (C=O) groups excluding carboxylic acids is 2. The first-order valence-electron chi connectivity index (χ1n) is 10.9. The molecular formula is C26H29IN4O3. The molecule has 0 aliphatic heterocycles. The van der Waals surface area contributed by atoms with Crippen molar-refractivity contribution in [2.45, 2.75) is 30.5 Å². The van der Waals surface area contributed by atoms with Crippen molar-refractivity contribution in [3.05, 3.63) is 89.0 Å². The van der Waals surface area contributed by atoms with Crippen LogP contribution in [0.1, 0.15) is 35.2 Å². The van der Waals surface area contributed by atoms with Crippen LogP contribution in [0, 0.1) is 0 Å². The zero-order valence-corrected chi connectivity index (χ0v) is 21.4. The topological polar surface area (TPSA) is 105 Å². The molecule has 3 rings (SSSR count). The normalized spacial score (nSPS) is 11.4. The molecule has 34 heavy (non-hydrogen) atoms. The van der Waals surface area contributed by atoms with Crippen LogP contribution >= 0.6 is 22.6 Å². The van der Waals surface area contributed by atoms with Crippen LogP contribution < -0.4 is 26.4 Å². The average molecular weight is 572 g/mol. The maximum atomic E-state index is 13.4. The number of hydrogen-bond acceptors (Lipinski definition) is 5. The number of methoxy groups -OCH3 is 1. The van der Waals surface area contributed by atoms with Gasteiger partial charge in [0.1, 0.15) is 11.8 Å². The monoisotopic (exact) mass is 572 g/mol. The van der Waals surface area contributed by atoms with Crippen LogP contribution in [0.25, 0.3) is 0 Å². The van der Waals surface area contributed by atoms with Crippen molar-refractivity contribution >= 4 is 45.8 Å². The highest BCUT2D eigenvalue weighted by molar-refractivity contribution is 14.1. The molecule has 0 heterocycles. The van der Waals surface area contributed by atoms with Crippen LogP contribution in [0.5, 0.6) is 5.75 Å². The van der Waals surface area contributed by atoms with Crippen molar-refractivity contribution in [3.63, 3.8) is 0 Å². The summed E-state index contributed by atoms with van der Waals surface area (Å²) in [4.78, 5) is 24.7. The number of amides is 2. The van der Waals surface area contributed by atoms with Crippen molar-refractivity contribution in [1.82, 2.24) is 5.32 Å². The number of nitrogens with two attached hydrogens (primary N) is 1. The van der Waals surface area contributed by atoms with E-state index in [0.29, 0.717) is 18.8 Å². The smallest absolute Gasteiger partial charge is 0.247 e. The van der Waals surface area contributed by atoms with Crippen LogP contribution in [0.15, 0.2) is 66.7 Å². The van der Waals surface area contributed by atoms with E-state index in [-0.39, 0.29) is 11.8 Å². The number of ether oxygens (including phenoxy) is 1. The highest BCUT2D eigenvalue weighted by Crippen LogP contribution is 2.28. The van der Waals surface area contributed by atoms with Gasteiger partial charge in [-0.3, -0.25) is 9.59 Å². The van der Waals surface area contributed by atoms with Crippen molar-refractivity contribution in [2.75, 3.05) is 17.7 Å². The van der Waals surface area contributed by atoms with Crippen molar-refractivity contribution < 1.29 is 14.3 Å². The minimum atomic E-state index is -0.639. The number of rotatable bonds is 10. The van der Waals surface area contributed by atoms with Crippen molar-refractivity contribution in [2.24, 2.45) is 5.73 Å². The van der Waals surface area contributed by atoms with E-state index in [4.69, 9.17) is 10.5 Å². The van der Waals surface area contributed by atoms with Gasteiger partial charge in [-0.2, -0.15) is 0 Å². The van der Waals surface area contributed by atoms with Crippen LogP contribution in [0.2, 0.25) is 0 Å². The number of alkyl halides is 1. The molecule has 1 atom stereocenters. The van der Waals surface area contributed by atoms with Gasteiger partial charge in [-0.1, -0.05) is 59.0 Å². The fourth-order valence-corrected chi connectivity index (χ4v) is 4.14. The first-order chi connectivity index (χ1) is 16.4. The lowest BCUT2D eigenvalue weighted by molar-refractivity contribution is -0.122. The first-order valence-corrected chi connectivity index (χ1v) is 12.4. The van der Waals surface area contributed by atoms with E-state index in [1.54, 1.807) is 7.11 Å². The molecule has 0 aliphatic rings. The number of nitrogens with one attached hydrogen (secondary N) is 3. The Kier molecular flexibility index (Phi) is 9.29. The van der Waals surface area contributed by atoms with Gasteiger partial charge in [0.05, 0.1) is 7.11 Å². The lowest BCUT2D eigenvalue weighted by Gasteiger charge is -2.21. The Hall–Kier alpha value is -3.11. The molecule has 8 heteroatoms. The Labute approximate surface area is 213 Å². The molecule has 5 N–H and O–H groups in total. The fourth-order valence-electron chi connectivity index (χ4n) is 3.51. The zero-order valence-electron chi connectivity index (χ0n) is 19.2. The van der Waals surface area contributed by atoms with Gasteiger partial charge in [-0.25, -0.2) is 0 Å². The Morgan fingerprint density at radius 1 is 1.00 bits per heavy atom. The molecule has 0 fully saturated rings. The van der Waals surface area contributed by atoms with Gasteiger partial charge in [-0.05, 0) is 47.0 Å². The number of benzene rings is 3. The second-order valence-corrected chi connectivity index (χ2v) is 8.55. The molecule has 178 valence electrons. The van der Waals surface area contributed by atoms with Gasteiger partial charge < -0.3 is 26.4 Å². The summed E-state index contributed by atoms with van der Waals surface area (Å²) in [6.07, 6.45) is 0. The molecule has 0 spiro atoms. The van der Waals surface area contributed by atoms with Gasteiger partial charge in [0, 0.05) is 41.4 Å². The number of anilines is 2. The third-order valence-corrected chi connectivity index (χ3v) is 6.09. The summed E-state index contributed by atoms with van der Waals surface area (Å²) in [7, 11) is 1.63. The molecule has 0 saturated carbocycles. The summed E-state index contributed by atoms with van der Waals surface area (Å²) < 4.78 is 6.35. The van der Waals surface area contributed by atoms with E-state index in [9.17, 15) is 9.59 Å². The second kappa shape index (κ2) is 12.4. The van der Waals surface area contributed by atoms with Gasteiger partial charge in [0.25, 0.3) is 0 Å². The highest BCUT2D eigenvalue weighted by atomic mass is 127. The molecule has 0 aromatic heterocycles. The van der Waals surface area contributed by atoms with Gasteiger partial charge in [0.2, 0.25) is 11.8 Å². The molecule has 3 aromatic rings. The zero-order chi connectivity index (χ0) is 24.5. The fraction of sp³-hybridized carbons (Fsp3) is 0.231. The summed E-state index contributed by atoms with van der Waals surface area (Å²) in [5, 5.41) is 9.11. The summed E-state index contributed by atoms with van der Waals surface area (Å²) in [5.74, 6) is 0.417. The largest absolute Gasteiger partial charge is 0.496 e. The Morgan fingerprint density at radius 3 is 2.41 bits per heavy atom. The quantitative estimate of drug-likeness (QED) is 0.211. The second-order valence-electron chi connectivity index (χ2n) is 7.78. The maximum Gasteiger partial charge on any atom is 0.247 e. The molecule has 7 nitrogen and oxygen atoms in total. The van der Waals surface area contributed by atoms with E-state index in [2.05, 4.69) is 38.5 Å². The summed E-state index contributed by atoms with van der Waals surface area (Å²) >= 11 is 2.29. The van der Waals surface area contributed by atoms with Crippen molar-refractivity contribution in [3.8, 4) is 5.75 Å². The Morgan fingerprint density at radius 2 is 1.76 bits per heavy atom. The predicted molar refractivity (Wildman–Crippen MR) is 144 cm³/mol. The van der Waals surface area contributed by atoms with Gasteiger partial charge in [0.15, 0.2) is 0 Å². The van der Waals surface area contributed by atoms with E-state index in [1.807, 2.05) is 66.7 Å². The lowest BCUT2D eigenvalue weighted by Crippen LogP contribution is -2.33. The van der Waals surface area contributed by atoms with Crippen LogP contribution in [0.3, 0.4) is 0 Å². The van der Waals surface area contributed by atoms with E-state index < -0.39 is 6.04 Å². The first kappa shape index (κ1) is 25.5. The molecule has 2 amide bonds. The minimum Gasteiger partial charge on any atom is -0.496 e.